The lowest BCUT2D eigenvalue weighted by atomic mass is 9.86. The van der Waals surface area contributed by atoms with Gasteiger partial charge in [-0.2, -0.15) is 0 Å². The van der Waals surface area contributed by atoms with Crippen LogP contribution in [0.4, 0.5) is 0 Å². The summed E-state index contributed by atoms with van der Waals surface area (Å²) in [6, 6.07) is 0. The number of hydrogen-bond donors (Lipinski definition) is 2. The van der Waals surface area contributed by atoms with Crippen molar-refractivity contribution in [1.29, 1.82) is 0 Å². The van der Waals surface area contributed by atoms with Crippen LogP contribution in [-0.4, -0.2) is 26.6 Å². The van der Waals surface area contributed by atoms with Gasteiger partial charge in [0.15, 0.2) is 0 Å². The molecule has 0 saturated heterocycles. The van der Waals surface area contributed by atoms with Gasteiger partial charge in [-0.15, -0.1) is 0 Å². The predicted octanol–water partition coefficient (Wildman–Crippen LogP) is 0.752. The number of amides is 1. The maximum atomic E-state index is 11.4. The molecule has 0 aromatic rings. The van der Waals surface area contributed by atoms with E-state index in [0.29, 0.717) is 12.3 Å². The molecule has 0 unspecified atom stereocenters. The molecule has 1 saturated carbocycles. The van der Waals surface area contributed by atoms with Gasteiger partial charge in [-0.05, 0) is 12.3 Å². The minimum Gasteiger partial charge on any atom is -0.355 e. The van der Waals surface area contributed by atoms with Gasteiger partial charge < -0.3 is 5.32 Å². The molecule has 1 fully saturated rings. The number of primary sulfonamides is 1. The standard InChI is InChI=1S/C11H22N2O3S/c12-17(15,16)9-8-13-11(14)7-6-10-4-2-1-3-5-10/h10H,1-9H2,(H,13,14)(H2,12,15,16). The van der Waals surface area contributed by atoms with E-state index in [1.807, 2.05) is 0 Å². The smallest absolute Gasteiger partial charge is 0.220 e. The van der Waals surface area contributed by atoms with Crippen molar-refractivity contribution < 1.29 is 13.2 Å². The van der Waals surface area contributed by atoms with Crippen molar-refractivity contribution in [1.82, 2.24) is 5.32 Å². The minimum atomic E-state index is -3.47. The van der Waals surface area contributed by atoms with Gasteiger partial charge >= 0.3 is 0 Å². The Bertz CT molecular complexity index is 335. The molecule has 0 spiro atoms. The molecule has 1 aliphatic rings. The highest BCUT2D eigenvalue weighted by Crippen LogP contribution is 2.27. The fraction of sp³-hybridized carbons (Fsp3) is 0.909. The summed E-state index contributed by atoms with van der Waals surface area (Å²) in [5.74, 6) is 0.411. The van der Waals surface area contributed by atoms with E-state index in [9.17, 15) is 13.2 Å². The van der Waals surface area contributed by atoms with Crippen molar-refractivity contribution in [2.45, 2.75) is 44.9 Å². The minimum absolute atomic E-state index is 0.0702. The first kappa shape index (κ1) is 14.4. The van der Waals surface area contributed by atoms with Crippen LogP contribution in [0.3, 0.4) is 0 Å². The number of carbonyl (C=O) groups is 1. The summed E-state index contributed by atoms with van der Waals surface area (Å²) in [5, 5.41) is 7.41. The molecule has 0 heterocycles. The summed E-state index contributed by atoms with van der Waals surface area (Å²) in [6.45, 7) is 0.113. The van der Waals surface area contributed by atoms with E-state index in [1.165, 1.54) is 32.1 Å². The number of hydrogen-bond acceptors (Lipinski definition) is 3. The lowest BCUT2D eigenvalue weighted by molar-refractivity contribution is -0.121. The average Bonchev–Trinajstić information content (AvgIpc) is 2.26. The second-order valence-electron chi connectivity index (χ2n) is 4.76. The summed E-state index contributed by atoms with van der Waals surface area (Å²) in [6.07, 6.45) is 7.73. The Morgan fingerprint density at radius 1 is 1.24 bits per heavy atom. The maximum Gasteiger partial charge on any atom is 0.220 e. The van der Waals surface area contributed by atoms with Gasteiger partial charge in [-0.3, -0.25) is 4.79 Å². The zero-order valence-electron chi connectivity index (χ0n) is 10.2. The molecule has 6 heteroatoms. The molecule has 0 aromatic heterocycles. The topological polar surface area (TPSA) is 89.3 Å². The summed E-state index contributed by atoms with van der Waals surface area (Å²) < 4.78 is 21.3. The molecule has 0 bridgehead atoms. The summed E-state index contributed by atoms with van der Waals surface area (Å²) in [7, 11) is -3.47. The number of nitrogens with one attached hydrogen (secondary N) is 1. The van der Waals surface area contributed by atoms with E-state index in [4.69, 9.17) is 5.14 Å². The number of rotatable bonds is 6. The Kier molecular flexibility index (Phi) is 5.91. The third-order valence-electron chi connectivity index (χ3n) is 3.21. The van der Waals surface area contributed by atoms with E-state index in [2.05, 4.69) is 5.32 Å². The predicted molar refractivity (Wildman–Crippen MR) is 66.8 cm³/mol. The molecule has 0 atom stereocenters. The van der Waals surface area contributed by atoms with E-state index >= 15 is 0 Å². The van der Waals surface area contributed by atoms with Crippen LogP contribution in [0.25, 0.3) is 0 Å². The lowest BCUT2D eigenvalue weighted by Crippen LogP contribution is -2.31. The van der Waals surface area contributed by atoms with Crippen LogP contribution in [0.2, 0.25) is 0 Å². The first-order valence-electron chi connectivity index (χ1n) is 6.24. The molecule has 0 radical (unpaired) electrons. The van der Waals surface area contributed by atoms with E-state index < -0.39 is 10.0 Å². The van der Waals surface area contributed by atoms with Crippen molar-refractivity contribution in [3.63, 3.8) is 0 Å². The Balaban J connectivity index is 2.08. The van der Waals surface area contributed by atoms with E-state index in [-0.39, 0.29) is 18.2 Å². The van der Waals surface area contributed by atoms with Crippen molar-refractivity contribution in [2.75, 3.05) is 12.3 Å². The van der Waals surface area contributed by atoms with Crippen molar-refractivity contribution in [3.8, 4) is 0 Å². The van der Waals surface area contributed by atoms with Crippen LogP contribution < -0.4 is 10.5 Å². The highest BCUT2D eigenvalue weighted by molar-refractivity contribution is 7.89. The quantitative estimate of drug-likeness (QED) is 0.740. The summed E-state index contributed by atoms with van der Waals surface area (Å²) >= 11 is 0. The zero-order valence-corrected chi connectivity index (χ0v) is 11.0. The van der Waals surface area contributed by atoms with Crippen LogP contribution in [0.15, 0.2) is 0 Å². The van der Waals surface area contributed by atoms with Crippen LogP contribution in [0.1, 0.15) is 44.9 Å². The molecule has 0 aliphatic heterocycles. The third-order valence-corrected chi connectivity index (χ3v) is 3.99. The molecule has 1 amide bonds. The molecule has 1 aliphatic carbocycles. The van der Waals surface area contributed by atoms with Crippen LogP contribution in [0.5, 0.6) is 0 Å². The normalized spacial score (nSPS) is 17.9. The van der Waals surface area contributed by atoms with Crippen LogP contribution >= 0.6 is 0 Å². The molecule has 3 N–H and O–H groups in total. The van der Waals surface area contributed by atoms with Gasteiger partial charge in [0, 0.05) is 13.0 Å². The monoisotopic (exact) mass is 262 g/mol. The fourth-order valence-corrected chi connectivity index (χ4v) is 2.62. The van der Waals surface area contributed by atoms with Crippen molar-refractivity contribution >= 4 is 15.9 Å². The zero-order chi connectivity index (χ0) is 12.7. The number of sulfonamides is 1. The number of carbonyl (C=O) groups excluding carboxylic acids is 1. The summed E-state index contributed by atoms with van der Waals surface area (Å²) in [4.78, 5) is 11.4. The largest absolute Gasteiger partial charge is 0.355 e. The molecular weight excluding hydrogens is 240 g/mol. The Labute approximate surface area is 103 Å². The van der Waals surface area contributed by atoms with E-state index in [1.54, 1.807) is 0 Å². The van der Waals surface area contributed by atoms with Crippen molar-refractivity contribution in [3.05, 3.63) is 0 Å². The van der Waals surface area contributed by atoms with Gasteiger partial charge in [0.05, 0.1) is 5.75 Å². The molecule has 100 valence electrons. The average molecular weight is 262 g/mol. The molecule has 1 rings (SSSR count). The van der Waals surface area contributed by atoms with Gasteiger partial charge in [0.25, 0.3) is 0 Å². The van der Waals surface area contributed by atoms with Crippen LogP contribution in [0, 0.1) is 5.92 Å². The molecular formula is C11H22N2O3S. The molecule has 0 aromatic carbocycles. The maximum absolute atomic E-state index is 11.4. The van der Waals surface area contributed by atoms with Gasteiger partial charge in [-0.1, -0.05) is 32.1 Å². The van der Waals surface area contributed by atoms with Crippen LogP contribution in [-0.2, 0) is 14.8 Å². The molecule has 5 nitrogen and oxygen atoms in total. The number of nitrogens with two attached hydrogens (primary N) is 1. The highest BCUT2D eigenvalue weighted by Gasteiger charge is 2.14. The highest BCUT2D eigenvalue weighted by atomic mass is 32.2. The SMILES string of the molecule is NS(=O)(=O)CCNC(=O)CCC1CCCCC1. The van der Waals surface area contributed by atoms with E-state index in [0.717, 1.165) is 6.42 Å². The Morgan fingerprint density at radius 3 is 2.47 bits per heavy atom. The van der Waals surface area contributed by atoms with Gasteiger partial charge in [0.2, 0.25) is 15.9 Å². The Morgan fingerprint density at radius 2 is 1.88 bits per heavy atom. The fourth-order valence-electron chi connectivity index (χ4n) is 2.23. The summed E-state index contributed by atoms with van der Waals surface area (Å²) in [5.41, 5.74) is 0. The third kappa shape index (κ3) is 7.33. The van der Waals surface area contributed by atoms with Gasteiger partial charge in [0.1, 0.15) is 0 Å². The van der Waals surface area contributed by atoms with Crippen molar-refractivity contribution in [2.24, 2.45) is 11.1 Å². The molecule has 17 heavy (non-hydrogen) atoms. The first-order valence-corrected chi connectivity index (χ1v) is 7.96. The first-order chi connectivity index (χ1) is 7.97. The van der Waals surface area contributed by atoms with Gasteiger partial charge in [-0.25, -0.2) is 13.6 Å². The Hall–Kier alpha value is -0.620. The lowest BCUT2D eigenvalue weighted by Gasteiger charge is -2.20. The second kappa shape index (κ2) is 6.96. The second-order valence-corrected chi connectivity index (χ2v) is 6.49.